The number of rotatable bonds is 7. The zero-order valence-corrected chi connectivity index (χ0v) is 21.4. The van der Waals surface area contributed by atoms with Crippen molar-refractivity contribution in [1.29, 1.82) is 0 Å². The molecule has 2 fully saturated rings. The van der Waals surface area contributed by atoms with Crippen LogP contribution in [0.2, 0.25) is 0 Å². The highest BCUT2D eigenvalue weighted by Crippen LogP contribution is 2.61. The Balaban J connectivity index is 1.39. The average molecular weight is 535 g/mol. The Morgan fingerprint density at radius 2 is 1.95 bits per heavy atom. The third kappa shape index (κ3) is 4.93. The molecule has 6 nitrogen and oxygen atoms in total. The number of nitrogens with zero attached hydrogens (tertiary/aromatic N) is 1. The van der Waals surface area contributed by atoms with Gasteiger partial charge in [-0.15, -0.1) is 0 Å². The van der Waals surface area contributed by atoms with E-state index < -0.39 is 5.51 Å². The maximum atomic E-state index is 12.6. The molecular formula is C27H29F3N2O4S. The first-order valence-corrected chi connectivity index (χ1v) is 13.1. The average Bonchev–Trinajstić information content (AvgIpc) is 3.20. The molecular weight excluding hydrogens is 505 g/mol. The molecule has 2 N–H and O–H groups in total. The summed E-state index contributed by atoms with van der Waals surface area (Å²) in [4.78, 5) is 17.5. The van der Waals surface area contributed by atoms with Crippen molar-refractivity contribution in [3.63, 3.8) is 0 Å². The molecule has 0 amide bonds. The molecule has 0 bridgehead atoms. The third-order valence-electron chi connectivity index (χ3n) is 8.39. The van der Waals surface area contributed by atoms with E-state index in [-0.39, 0.29) is 58.2 Å². The zero-order valence-electron chi connectivity index (χ0n) is 20.5. The smallest absolute Gasteiger partial charge is 0.446 e. The van der Waals surface area contributed by atoms with Gasteiger partial charge >= 0.3 is 5.51 Å². The van der Waals surface area contributed by atoms with Crippen LogP contribution in [0, 0.1) is 22.2 Å². The number of halogens is 3. The number of alkyl halides is 3. The van der Waals surface area contributed by atoms with E-state index in [4.69, 9.17) is 9.57 Å². The number of phenols is 1. The summed E-state index contributed by atoms with van der Waals surface area (Å²) in [6.07, 6.45) is 5.67. The Morgan fingerprint density at radius 3 is 2.62 bits per heavy atom. The minimum Gasteiger partial charge on any atom is -0.504 e. The predicted molar refractivity (Wildman–Crippen MR) is 135 cm³/mol. The van der Waals surface area contributed by atoms with Crippen LogP contribution in [-0.2, 0) is 11.4 Å². The van der Waals surface area contributed by atoms with Gasteiger partial charge in [0.1, 0.15) is 0 Å². The van der Waals surface area contributed by atoms with E-state index in [1.54, 1.807) is 18.2 Å². The van der Waals surface area contributed by atoms with E-state index in [9.17, 15) is 23.2 Å². The lowest BCUT2D eigenvalue weighted by atomic mass is 9.56. The molecule has 2 saturated carbocycles. The molecule has 0 spiro atoms. The summed E-state index contributed by atoms with van der Waals surface area (Å²) in [5.74, 6) is 1.10. The maximum absolute atomic E-state index is 12.6. The number of hydroxylamine groups is 1. The monoisotopic (exact) mass is 534 g/mol. The van der Waals surface area contributed by atoms with Crippen molar-refractivity contribution in [2.24, 2.45) is 22.4 Å². The second kappa shape index (κ2) is 9.87. The maximum Gasteiger partial charge on any atom is 0.446 e. The van der Waals surface area contributed by atoms with Crippen LogP contribution in [0.1, 0.15) is 55.2 Å². The van der Waals surface area contributed by atoms with Crippen molar-refractivity contribution in [3.8, 4) is 11.5 Å². The number of aromatic hydroxyl groups is 1. The number of nitrogens with one attached hydrogen (secondary N) is 1. The van der Waals surface area contributed by atoms with Crippen molar-refractivity contribution in [1.82, 2.24) is 5.48 Å². The van der Waals surface area contributed by atoms with Gasteiger partial charge in [0.15, 0.2) is 11.5 Å². The fourth-order valence-electron chi connectivity index (χ4n) is 6.58. The number of ether oxygens (including phenoxy) is 1. The van der Waals surface area contributed by atoms with Crippen molar-refractivity contribution in [2.45, 2.75) is 61.6 Å². The van der Waals surface area contributed by atoms with Crippen LogP contribution < -0.4 is 10.2 Å². The van der Waals surface area contributed by atoms with Crippen LogP contribution in [0.5, 0.6) is 11.5 Å². The summed E-state index contributed by atoms with van der Waals surface area (Å²) in [7, 11) is 1.52. The van der Waals surface area contributed by atoms with Gasteiger partial charge < -0.3 is 9.84 Å². The van der Waals surface area contributed by atoms with Gasteiger partial charge in [0.2, 0.25) is 0 Å². The summed E-state index contributed by atoms with van der Waals surface area (Å²) >= 11 is -0.154. The first-order chi connectivity index (χ1) is 17.6. The minimum absolute atomic E-state index is 0.0249. The van der Waals surface area contributed by atoms with Crippen molar-refractivity contribution in [3.05, 3.63) is 64.1 Å². The van der Waals surface area contributed by atoms with Gasteiger partial charge in [-0.1, -0.05) is 30.3 Å². The number of thioether (sulfide) groups is 1. The van der Waals surface area contributed by atoms with Gasteiger partial charge in [-0.25, -0.2) is 0 Å². The van der Waals surface area contributed by atoms with Crippen LogP contribution in [-0.4, -0.2) is 23.8 Å². The van der Waals surface area contributed by atoms with E-state index in [1.165, 1.54) is 19.2 Å². The quantitative estimate of drug-likeness (QED) is 0.223. The Kier molecular flexibility index (Phi) is 6.91. The molecule has 0 radical (unpaired) electrons. The molecule has 10 heteroatoms. The summed E-state index contributed by atoms with van der Waals surface area (Å²) in [6, 6.07) is 9.42. The second-order valence-corrected chi connectivity index (χ2v) is 11.4. The first kappa shape index (κ1) is 25.9. The highest BCUT2D eigenvalue weighted by Gasteiger charge is 2.55. The fraction of sp³-hybridized carbons (Fsp3) is 0.481. The fourth-order valence-corrected chi connectivity index (χ4v) is 7.12. The number of fused-ring (bicyclic) bond motifs is 5. The molecule has 37 heavy (non-hydrogen) atoms. The normalized spacial score (nSPS) is 28.5. The van der Waals surface area contributed by atoms with Crippen molar-refractivity contribution < 1.29 is 27.9 Å². The highest BCUT2D eigenvalue weighted by atomic mass is 32.2. The molecule has 3 aliphatic rings. The highest BCUT2D eigenvalue weighted by molar-refractivity contribution is 8.00. The van der Waals surface area contributed by atoms with Crippen LogP contribution in [0.4, 0.5) is 13.2 Å². The van der Waals surface area contributed by atoms with Gasteiger partial charge in [0.25, 0.3) is 0 Å². The van der Waals surface area contributed by atoms with E-state index in [0.29, 0.717) is 17.0 Å². The molecule has 0 heterocycles. The molecule has 2 aromatic carbocycles. The van der Waals surface area contributed by atoms with E-state index in [1.807, 2.05) is 6.07 Å². The second-order valence-electron chi connectivity index (χ2n) is 10.3. The van der Waals surface area contributed by atoms with Gasteiger partial charge in [-0.05, 0) is 96.0 Å². The number of hydrogen-bond donors (Lipinski definition) is 2. The molecule has 0 aliphatic heterocycles. The summed E-state index contributed by atoms with van der Waals surface area (Å²) in [5, 5.41) is 14.0. The van der Waals surface area contributed by atoms with Gasteiger partial charge in [-0.2, -0.15) is 18.1 Å². The van der Waals surface area contributed by atoms with Gasteiger partial charge in [-0.3, -0.25) is 10.3 Å². The van der Waals surface area contributed by atoms with Gasteiger partial charge in [0, 0.05) is 10.5 Å². The minimum atomic E-state index is -4.33. The summed E-state index contributed by atoms with van der Waals surface area (Å²) < 4.78 is 43.2. The lowest BCUT2D eigenvalue weighted by Crippen LogP contribution is -2.42. The lowest BCUT2D eigenvalue weighted by molar-refractivity contribution is -0.0328. The number of methoxy groups -OCH3 is 1. The SMILES string of the molecule is COc1cc2c(cc1O)C(NOCc1ccc(SC(F)(F)F)cc1)=C[C@@H]1[C@@H]2CC[C@]2(C)C(N=O)CC[C@@H]12. The van der Waals surface area contributed by atoms with Gasteiger partial charge in [0.05, 0.1) is 25.5 Å². The van der Waals surface area contributed by atoms with Crippen molar-refractivity contribution >= 4 is 17.5 Å². The Bertz CT molecular complexity index is 1200. The molecule has 3 aliphatic carbocycles. The largest absolute Gasteiger partial charge is 0.504 e. The molecule has 1 unspecified atom stereocenters. The van der Waals surface area contributed by atoms with Crippen LogP contribution in [0.3, 0.4) is 0 Å². The third-order valence-corrected chi connectivity index (χ3v) is 9.13. The van der Waals surface area contributed by atoms with Crippen LogP contribution in [0.15, 0.2) is 52.5 Å². The predicted octanol–water partition coefficient (Wildman–Crippen LogP) is 7.13. The molecule has 0 aromatic heterocycles. The number of hydrogen-bond acceptors (Lipinski definition) is 7. The summed E-state index contributed by atoms with van der Waals surface area (Å²) in [5.41, 5.74) is 1.86. The van der Waals surface area contributed by atoms with E-state index in [0.717, 1.165) is 36.8 Å². The topological polar surface area (TPSA) is 80.2 Å². The zero-order chi connectivity index (χ0) is 26.4. The van der Waals surface area contributed by atoms with Crippen LogP contribution >= 0.6 is 11.8 Å². The van der Waals surface area contributed by atoms with E-state index >= 15 is 0 Å². The Morgan fingerprint density at radius 1 is 1.19 bits per heavy atom. The standard InChI is InChI=1S/C27H29F3N2O4S/c1-26-10-9-17-18-13-24(35-2)23(33)12-20(18)22(11-19(17)21(26)7-8-25(26)31-34)32-36-14-15-3-5-16(6-4-15)37-27(28,29)30/h3-6,11-13,17,19,21,25,32-33H,7-10,14H2,1-2H3/t17-,19-,21+,25?,26+/m1/s1. The Hall–Kier alpha value is -2.72. The molecule has 5 rings (SSSR count). The Labute approximate surface area is 217 Å². The van der Waals surface area contributed by atoms with Crippen molar-refractivity contribution in [2.75, 3.05) is 7.11 Å². The van der Waals surface area contributed by atoms with Crippen LogP contribution in [0.25, 0.3) is 5.70 Å². The molecule has 5 atom stereocenters. The lowest BCUT2D eigenvalue weighted by Gasteiger charge is -2.48. The van der Waals surface area contributed by atoms with E-state index in [2.05, 4.69) is 23.7 Å². The number of allylic oxidation sites excluding steroid dienone is 1. The number of benzene rings is 2. The number of phenolic OH excluding ortho intramolecular Hbond substituents is 1. The molecule has 2 aromatic rings. The molecule has 198 valence electrons. The molecule has 0 saturated heterocycles. The summed E-state index contributed by atoms with van der Waals surface area (Å²) in [6.45, 7) is 2.32. The number of nitroso groups, excluding NO2 is 1. The first-order valence-electron chi connectivity index (χ1n) is 12.3.